The molecule has 0 atom stereocenters. The summed E-state index contributed by atoms with van der Waals surface area (Å²) in [6.45, 7) is 1.73. The Morgan fingerprint density at radius 3 is 2.62 bits per heavy atom. The number of hydrogen-bond acceptors (Lipinski definition) is 4. The predicted octanol–water partition coefficient (Wildman–Crippen LogP) is 1.95. The Labute approximate surface area is 157 Å². The van der Waals surface area contributed by atoms with Gasteiger partial charge in [-0.25, -0.2) is 17.8 Å². The van der Waals surface area contributed by atoms with E-state index in [9.17, 15) is 12.8 Å². The van der Waals surface area contributed by atoms with Crippen molar-refractivity contribution in [1.82, 2.24) is 4.31 Å². The lowest BCUT2D eigenvalue weighted by Gasteiger charge is -2.25. The van der Waals surface area contributed by atoms with Crippen LogP contribution in [0.1, 0.15) is 5.56 Å². The van der Waals surface area contributed by atoms with Gasteiger partial charge >= 0.3 is 0 Å². The van der Waals surface area contributed by atoms with Crippen LogP contribution in [0.5, 0.6) is 0 Å². The van der Waals surface area contributed by atoms with Crippen LogP contribution in [-0.4, -0.2) is 46.1 Å². The molecule has 1 aliphatic rings. The summed E-state index contributed by atoms with van der Waals surface area (Å²) in [6.07, 6.45) is 1.44. The quantitative estimate of drug-likeness (QED) is 0.769. The first kappa shape index (κ1) is 19.0. The molecule has 0 unspecified atom stereocenters. The van der Waals surface area contributed by atoms with Gasteiger partial charge in [0.05, 0.1) is 25.3 Å². The normalized spacial score (nSPS) is 15.8. The predicted molar refractivity (Wildman–Crippen MR) is 96.1 cm³/mol. The zero-order valence-corrected chi connectivity index (χ0v) is 15.9. The van der Waals surface area contributed by atoms with Gasteiger partial charge in [-0.05, 0) is 18.2 Å². The molecular formula is C17H20ClFN3O3S+. The zero-order valence-electron chi connectivity index (χ0n) is 14.3. The number of halogens is 2. The summed E-state index contributed by atoms with van der Waals surface area (Å²) >= 11 is 6.06. The molecule has 3 rings (SSSR count). The number of pyridine rings is 1. The van der Waals surface area contributed by atoms with E-state index in [4.69, 9.17) is 16.3 Å². The SMILES string of the molecule is CN(Cc1c(F)cccc1Cl)c1ccc(S(=O)(=O)N2CCOCC2)c[nH+]1. The first-order valence-corrected chi connectivity index (χ1v) is 9.95. The second-order valence-corrected chi connectivity index (χ2v) is 8.33. The Balaban J connectivity index is 1.76. The summed E-state index contributed by atoms with van der Waals surface area (Å²) < 4.78 is 45.8. The molecule has 0 aliphatic carbocycles. The average Bonchev–Trinajstić information content (AvgIpc) is 2.65. The fourth-order valence-electron chi connectivity index (χ4n) is 2.74. The van der Waals surface area contributed by atoms with Crippen molar-refractivity contribution in [3.63, 3.8) is 0 Å². The number of H-pyrrole nitrogens is 1. The Morgan fingerprint density at radius 1 is 1.27 bits per heavy atom. The minimum atomic E-state index is -3.55. The topological polar surface area (TPSA) is 64.0 Å². The van der Waals surface area contributed by atoms with Gasteiger partial charge in [-0.2, -0.15) is 4.31 Å². The fourth-order valence-corrected chi connectivity index (χ4v) is 4.34. The molecule has 6 nitrogen and oxygen atoms in total. The van der Waals surface area contributed by atoms with Gasteiger partial charge in [-0.15, -0.1) is 0 Å². The minimum Gasteiger partial charge on any atom is -0.379 e. The monoisotopic (exact) mass is 400 g/mol. The maximum absolute atomic E-state index is 13.9. The maximum atomic E-state index is 13.9. The second kappa shape index (κ2) is 7.87. The van der Waals surface area contributed by atoms with Crippen LogP contribution in [0, 0.1) is 5.82 Å². The lowest BCUT2D eigenvalue weighted by molar-refractivity contribution is -0.367. The van der Waals surface area contributed by atoms with E-state index in [1.807, 2.05) is 0 Å². The molecule has 1 fully saturated rings. The Kier molecular flexibility index (Phi) is 5.76. The van der Waals surface area contributed by atoms with E-state index in [2.05, 4.69) is 4.98 Å². The van der Waals surface area contributed by atoms with Gasteiger partial charge < -0.3 is 4.74 Å². The second-order valence-electron chi connectivity index (χ2n) is 5.98. The molecule has 0 spiro atoms. The molecule has 2 aromatic rings. The molecule has 140 valence electrons. The molecule has 2 heterocycles. The molecule has 1 aromatic carbocycles. The number of nitrogens with one attached hydrogen (secondary N) is 1. The molecule has 9 heteroatoms. The Bertz CT molecular complexity index is 851. The number of sulfonamides is 1. The molecular weight excluding hydrogens is 381 g/mol. The lowest BCUT2D eigenvalue weighted by atomic mass is 10.2. The Hall–Kier alpha value is -1.74. The highest BCUT2D eigenvalue weighted by molar-refractivity contribution is 7.89. The standard InChI is InChI=1S/C17H19ClFN3O3S/c1-21(12-14-15(18)3-2-4-16(14)19)17-6-5-13(11-20-17)26(23,24)22-7-9-25-10-8-22/h2-6,11H,7-10,12H2,1H3/p+1. The minimum absolute atomic E-state index is 0.181. The van der Waals surface area contributed by atoms with E-state index in [-0.39, 0.29) is 17.3 Å². The smallest absolute Gasteiger partial charge is 0.274 e. The van der Waals surface area contributed by atoms with Gasteiger partial charge in [0.1, 0.15) is 23.5 Å². The van der Waals surface area contributed by atoms with E-state index in [0.717, 1.165) is 0 Å². The van der Waals surface area contributed by atoms with Crippen molar-refractivity contribution in [2.45, 2.75) is 11.4 Å². The fraction of sp³-hybridized carbons (Fsp3) is 0.353. The molecule has 26 heavy (non-hydrogen) atoms. The van der Waals surface area contributed by atoms with Crippen LogP contribution in [0.3, 0.4) is 0 Å². The van der Waals surface area contributed by atoms with Gasteiger partial charge in [0, 0.05) is 24.7 Å². The van der Waals surface area contributed by atoms with Gasteiger partial charge in [0.15, 0.2) is 0 Å². The third-order valence-electron chi connectivity index (χ3n) is 4.24. The molecule has 1 aliphatic heterocycles. The van der Waals surface area contributed by atoms with Crippen molar-refractivity contribution >= 4 is 27.4 Å². The zero-order chi connectivity index (χ0) is 18.7. The first-order valence-electron chi connectivity index (χ1n) is 8.13. The highest BCUT2D eigenvalue weighted by Crippen LogP contribution is 2.22. The van der Waals surface area contributed by atoms with E-state index < -0.39 is 10.0 Å². The van der Waals surface area contributed by atoms with Crippen LogP contribution in [-0.2, 0) is 21.3 Å². The third-order valence-corrected chi connectivity index (χ3v) is 6.49. The van der Waals surface area contributed by atoms with E-state index in [0.29, 0.717) is 42.7 Å². The van der Waals surface area contributed by atoms with Crippen LogP contribution in [0.25, 0.3) is 0 Å². The van der Waals surface area contributed by atoms with Crippen molar-refractivity contribution in [3.05, 3.63) is 52.9 Å². The number of benzene rings is 1. The molecule has 1 N–H and O–H groups in total. The van der Waals surface area contributed by atoms with Crippen LogP contribution < -0.4 is 9.88 Å². The summed E-state index contributed by atoms with van der Waals surface area (Å²) in [4.78, 5) is 4.90. The third kappa shape index (κ3) is 3.98. The van der Waals surface area contributed by atoms with Crippen LogP contribution in [0.15, 0.2) is 41.4 Å². The first-order chi connectivity index (χ1) is 12.4. The van der Waals surface area contributed by atoms with Gasteiger partial charge in [-0.1, -0.05) is 17.7 Å². The van der Waals surface area contributed by atoms with Crippen LogP contribution >= 0.6 is 11.6 Å². The number of aromatic nitrogens is 1. The highest BCUT2D eigenvalue weighted by Gasteiger charge is 2.27. The largest absolute Gasteiger partial charge is 0.379 e. The van der Waals surface area contributed by atoms with Crippen molar-refractivity contribution in [2.24, 2.45) is 0 Å². The highest BCUT2D eigenvalue weighted by atomic mass is 35.5. The molecule has 0 amide bonds. The lowest BCUT2D eigenvalue weighted by Crippen LogP contribution is -2.41. The van der Waals surface area contributed by atoms with E-state index in [1.165, 1.54) is 22.6 Å². The number of aromatic amines is 1. The van der Waals surface area contributed by atoms with Gasteiger partial charge in [0.2, 0.25) is 10.0 Å². The molecule has 0 bridgehead atoms. The average molecular weight is 401 g/mol. The van der Waals surface area contributed by atoms with Crippen LogP contribution in [0.2, 0.25) is 5.02 Å². The number of ether oxygens (including phenoxy) is 1. The van der Waals surface area contributed by atoms with E-state index >= 15 is 0 Å². The van der Waals surface area contributed by atoms with Crippen molar-refractivity contribution in [1.29, 1.82) is 0 Å². The summed E-state index contributed by atoms with van der Waals surface area (Å²) in [5.74, 6) is 0.265. The number of rotatable bonds is 5. The number of morpholine rings is 1. The summed E-state index contributed by atoms with van der Waals surface area (Å²) in [5.41, 5.74) is 0.384. The van der Waals surface area contributed by atoms with Crippen molar-refractivity contribution in [3.8, 4) is 0 Å². The number of anilines is 1. The Morgan fingerprint density at radius 2 is 2.00 bits per heavy atom. The summed E-state index contributed by atoms with van der Waals surface area (Å²) in [7, 11) is -1.79. The van der Waals surface area contributed by atoms with Crippen molar-refractivity contribution in [2.75, 3.05) is 38.3 Å². The summed E-state index contributed by atoms with van der Waals surface area (Å²) in [6, 6.07) is 7.74. The van der Waals surface area contributed by atoms with E-state index in [1.54, 1.807) is 30.1 Å². The van der Waals surface area contributed by atoms with Gasteiger partial charge in [-0.3, -0.25) is 4.90 Å². The number of hydrogen-bond donors (Lipinski definition) is 0. The van der Waals surface area contributed by atoms with Crippen molar-refractivity contribution < 1.29 is 22.5 Å². The molecule has 1 aromatic heterocycles. The van der Waals surface area contributed by atoms with Gasteiger partial charge in [0.25, 0.3) is 5.82 Å². The number of nitrogens with zero attached hydrogens (tertiary/aromatic N) is 2. The molecule has 1 saturated heterocycles. The molecule has 0 saturated carbocycles. The maximum Gasteiger partial charge on any atom is 0.274 e. The molecule has 0 radical (unpaired) electrons. The van der Waals surface area contributed by atoms with Crippen LogP contribution in [0.4, 0.5) is 10.2 Å². The summed E-state index contributed by atoms with van der Waals surface area (Å²) in [5, 5.41) is 0.350.